The quantitative estimate of drug-likeness (QED) is 0.234. The number of nitrogens with one attached hydrogen (secondary N) is 2. The molecule has 2 amide bonds. The van der Waals surface area contributed by atoms with Gasteiger partial charge in [0.15, 0.2) is 5.75 Å². The third-order valence-corrected chi connectivity index (χ3v) is 7.73. The summed E-state index contributed by atoms with van der Waals surface area (Å²) in [5.41, 5.74) is 2.61. The van der Waals surface area contributed by atoms with E-state index in [4.69, 9.17) is 4.74 Å². The van der Waals surface area contributed by atoms with Crippen molar-refractivity contribution in [3.8, 4) is 5.75 Å². The topological polar surface area (TPSA) is 67.4 Å². The van der Waals surface area contributed by atoms with Crippen molar-refractivity contribution in [2.24, 2.45) is 0 Å². The van der Waals surface area contributed by atoms with E-state index in [-0.39, 0.29) is 11.8 Å². The maximum absolute atomic E-state index is 13.2. The molecule has 2 heterocycles. The van der Waals surface area contributed by atoms with Gasteiger partial charge >= 0.3 is 0 Å². The molecule has 7 heteroatoms. The van der Waals surface area contributed by atoms with Crippen molar-refractivity contribution in [1.82, 2.24) is 5.32 Å². The minimum atomic E-state index is -0.192. The minimum Gasteiger partial charge on any atom is -0.487 e. The van der Waals surface area contributed by atoms with Gasteiger partial charge < -0.3 is 15.4 Å². The largest absolute Gasteiger partial charge is 0.487 e. The summed E-state index contributed by atoms with van der Waals surface area (Å²) in [6, 6.07) is 29.0. The highest BCUT2D eigenvalue weighted by molar-refractivity contribution is 7.21. The third-order valence-electron chi connectivity index (χ3n) is 5.58. The minimum absolute atomic E-state index is 0.139. The molecule has 0 aliphatic heterocycles. The van der Waals surface area contributed by atoms with Crippen molar-refractivity contribution in [2.45, 2.75) is 20.1 Å². The number of carbonyl (C=O) groups excluding carboxylic acids is 2. The van der Waals surface area contributed by atoms with Gasteiger partial charge in [-0.1, -0.05) is 54.6 Å². The second kappa shape index (κ2) is 10.8. The highest BCUT2D eigenvalue weighted by atomic mass is 32.1. The van der Waals surface area contributed by atoms with Crippen LogP contribution in [0.25, 0.3) is 10.1 Å². The summed E-state index contributed by atoms with van der Waals surface area (Å²) in [6.45, 7) is 2.68. The molecule has 0 aliphatic rings. The van der Waals surface area contributed by atoms with Crippen molar-refractivity contribution >= 4 is 50.3 Å². The first-order valence-corrected chi connectivity index (χ1v) is 13.1. The molecular formula is C29H24N2O3S2. The standard InChI is InChI=1S/C29H24N2O3S2/c1-19-14-15-25(35-19)28(32)31-22-11-7-10-21(16-22)17-30-29(33)27-26(23-12-5-6-13-24(23)36-27)34-18-20-8-3-2-4-9-20/h2-16H,17-18H2,1H3,(H,30,33)(H,31,32). The molecular weight excluding hydrogens is 488 g/mol. The van der Waals surface area contributed by atoms with Crippen molar-refractivity contribution in [3.63, 3.8) is 0 Å². The van der Waals surface area contributed by atoms with Crippen molar-refractivity contribution in [2.75, 3.05) is 5.32 Å². The first-order chi connectivity index (χ1) is 17.6. The number of benzene rings is 3. The van der Waals surface area contributed by atoms with Gasteiger partial charge in [-0.3, -0.25) is 9.59 Å². The molecule has 0 aliphatic carbocycles. The van der Waals surface area contributed by atoms with Crippen LogP contribution in [0.15, 0.2) is 91.0 Å². The first-order valence-electron chi connectivity index (χ1n) is 11.5. The summed E-state index contributed by atoms with van der Waals surface area (Å²) >= 11 is 2.88. The molecule has 0 saturated heterocycles. The molecule has 0 atom stereocenters. The number of carbonyl (C=O) groups is 2. The Kier molecular flexibility index (Phi) is 7.11. The zero-order chi connectivity index (χ0) is 24.9. The SMILES string of the molecule is Cc1ccc(C(=O)Nc2cccc(CNC(=O)c3sc4ccccc4c3OCc3ccccc3)c2)s1. The molecule has 2 N–H and O–H groups in total. The number of aryl methyl sites for hydroxylation is 1. The average Bonchev–Trinajstić information content (AvgIpc) is 3.50. The molecule has 0 spiro atoms. The normalized spacial score (nSPS) is 10.8. The Morgan fingerprint density at radius 3 is 2.39 bits per heavy atom. The van der Waals surface area contributed by atoms with Crippen LogP contribution in [-0.2, 0) is 13.2 Å². The molecule has 5 aromatic rings. The lowest BCUT2D eigenvalue weighted by Crippen LogP contribution is -2.22. The van der Waals surface area contributed by atoms with Crippen LogP contribution in [0, 0.1) is 6.92 Å². The Labute approximate surface area is 217 Å². The molecule has 2 aromatic heterocycles. The number of fused-ring (bicyclic) bond motifs is 1. The Morgan fingerprint density at radius 2 is 1.58 bits per heavy atom. The molecule has 5 rings (SSSR count). The summed E-state index contributed by atoms with van der Waals surface area (Å²) in [5, 5.41) is 6.87. The average molecular weight is 513 g/mol. The van der Waals surface area contributed by atoms with Gasteiger partial charge in [-0.25, -0.2) is 0 Å². The van der Waals surface area contributed by atoms with E-state index in [2.05, 4.69) is 10.6 Å². The highest BCUT2D eigenvalue weighted by Gasteiger charge is 2.20. The van der Waals surface area contributed by atoms with Crippen LogP contribution in [0.4, 0.5) is 5.69 Å². The van der Waals surface area contributed by atoms with E-state index in [1.54, 1.807) is 0 Å². The molecule has 36 heavy (non-hydrogen) atoms. The fourth-order valence-corrected chi connectivity index (χ4v) is 5.64. The summed E-state index contributed by atoms with van der Waals surface area (Å²) in [6.07, 6.45) is 0. The summed E-state index contributed by atoms with van der Waals surface area (Å²) < 4.78 is 7.16. The predicted molar refractivity (Wildman–Crippen MR) is 147 cm³/mol. The van der Waals surface area contributed by atoms with Gasteiger partial charge in [0.2, 0.25) is 0 Å². The van der Waals surface area contributed by atoms with Crippen LogP contribution in [0.3, 0.4) is 0 Å². The molecule has 3 aromatic carbocycles. The molecule has 0 saturated carbocycles. The van der Waals surface area contributed by atoms with E-state index in [0.717, 1.165) is 26.1 Å². The van der Waals surface area contributed by atoms with Gasteiger partial charge in [-0.15, -0.1) is 22.7 Å². The van der Waals surface area contributed by atoms with Crippen LogP contribution < -0.4 is 15.4 Å². The molecule has 0 radical (unpaired) electrons. The second-order valence-electron chi connectivity index (χ2n) is 8.28. The maximum Gasteiger partial charge on any atom is 0.265 e. The predicted octanol–water partition coefficient (Wildman–Crippen LogP) is 7.03. The van der Waals surface area contributed by atoms with Gasteiger partial charge in [0.1, 0.15) is 11.5 Å². The zero-order valence-electron chi connectivity index (χ0n) is 19.6. The van der Waals surface area contributed by atoms with E-state index < -0.39 is 0 Å². The number of ether oxygens (including phenoxy) is 1. The number of anilines is 1. The Balaban J connectivity index is 1.29. The summed E-state index contributed by atoms with van der Waals surface area (Å²) in [4.78, 5) is 28.0. The molecule has 0 unspecified atom stereocenters. The van der Waals surface area contributed by atoms with E-state index in [9.17, 15) is 9.59 Å². The van der Waals surface area contributed by atoms with Gasteiger partial charge in [0, 0.05) is 27.2 Å². The Bertz CT molecular complexity index is 1520. The van der Waals surface area contributed by atoms with E-state index >= 15 is 0 Å². The lowest BCUT2D eigenvalue weighted by molar-refractivity contribution is 0.0950. The summed E-state index contributed by atoms with van der Waals surface area (Å²) in [5.74, 6) is 0.270. The summed E-state index contributed by atoms with van der Waals surface area (Å²) in [7, 11) is 0. The van der Waals surface area contributed by atoms with E-state index in [0.29, 0.717) is 34.3 Å². The van der Waals surface area contributed by atoms with Crippen LogP contribution in [-0.4, -0.2) is 11.8 Å². The lowest BCUT2D eigenvalue weighted by Gasteiger charge is -2.10. The Hall–Kier alpha value is -3.94. The van der Waals surface area contributed by atoms with Gasteiger partial charge in [0.05, 0.1) is 4.88 Å². The number of thiophene rings is 2. The molecule has 180 valence electrons. The molecule has 0 fully saturated rings. The monoisotopic (exact) mass is 512 g/mol. The highest BCUT2D eigenvalue weighted by Crippen LogP contribution is 2.38. The van der Waals surface area contributed by atoms with E-state index in [1.807, 2.05) is 97.9 Å². The van der Waals surface area contributed by atoms with Gasteiger partial charge in [-0.05, 0) is 54.4 Å². The van der Waals surface area contributed by atoms with Crippen LogP contribution >= 0.6 is 22.7 Å². The number of hydrogen-bond acceptors (Lipinski definition) is 5. The first kappa shape index (κ1) is 23.8. The van der Waals surface area contributed by atoms with Crippen LogP contribution in [0.5, 0.6) is 5.75 Å². The fraction of sp³-hybridized carbons (Fsp3) is 0.103. The fourth-order valence-electron chi connectivity index (χ4n) is 3.82. The van der Waals surface area contributed by atoms with Gasteiger partial charge in [-0.2, -0.15) is 0 Å². The van der Waals surface area contributed by atoms with Crippen molar-refractivity contribution in [3.05, 3.63) is 117 Å². The zero-order valence-corrected chi connectivity index (χ0v) is 21.2. The number of rotatable bonds is 8. The van der Waals surface area contributed by atoms with Crippen LogP contribution in [0.1, 0.15) is 35.3 Å². The van der Waals surface area contributed by atoms with E-state index in [1.165, 1.54) is 22.7 Å². The second-order valence-corrected chi connectivity index (χ2v) is 10.6. The molecule has 0 bridgehead atoms. The lowest BCUT2D eigenvalue weighted by atomic mass is 10.2. The number of amides is 2. The third kappa shape index (κ3) is 5.48. The van der Waals surface area contributed by atoms with Crippen LogP contribution in [0.2, 0.25) is 0 Å². The van der Waals surface area contributed by atoms with Crippen molar-refractivity contribution < 1.29 is 14.3 Å². The van der Waals surface area contributed by atoms with Gasteiger partial charge in [0.25, 0.3) is 11.8 Å². The van der Waals surface area contributed by atoms with Crippen molar-refractivity contribution in [1.29, 1.82) is 0 Å². The maximum atomic E-state index is 13.2. The smallest absolute Gasteiger partial charge is 0.265 e. The number of hydrogen-bond donors (Lipinski definition) is 2. The molecule has 5 nitrogen and oxygen atoms in total. The Morgan fingerprint density at radius 1 is 0.806 bits per heavy atom.